The molecule has 0 saturated carbocycles. The maximum absolute atomic E-state index is 12.6. The van der Waals surface area contributed by atoms with Crippen molar-refractivity contribution >= 4 is 23.6 Å². The van der Waals surface area contributed by atoms with Crippen LogP contribution in [0.25, 0.3) is 0 Å². The summed E-state index contributed by atoms with van der Waals surface area (Å²) in [7, 11) is 0. The van der Waals surface area contributed by atoms with Crippen molar-refractivity contribution in [2.45, 2.75) is 58.8 Å². The van der Waals surface area contributed by atoms with E-state index in [0.717, 1.165) is 5.69 Å². The van der Waals surface area contributed by atoms with E-state index in [9.17, 15) is 14.4 Å². The van der Waals surface area contributed by atoms with Gasteiger partial charge in [0.15, 0.2) is 0 Å². The molecule has 3 amide bonds. The maximum atomic E-state index is 12.6. The molecule has 2 aliphatic rings. The van der Waals surface area contributed by atoms with Gasteiger partial charge in [0.2, 0.25) is 11.8 Å². The Balaban J connectivity index is 1.82. The van der Waals surface area contributed by atoms with E-state index >= 15 is 0 Å². The fourth-order valence-corrected chi connectivity index (χ4v) is 3.41. The number of hydrazine groups is 1. The smallest absolute Gasteiger partial charge is 0.410 e. The van der Waals surface area contributed by atoms with Gasteiger partial charge >= 0.3 is 6.09 Å². The van der Waals surface area contributed by atoms with Crippen LogP contribution in [0.3, 0.4) is 0 Å². The molecule has 1 fully saturated rings. The van der Waals surface area contributed by atoms with E-state index in [1.54, 1.807) is 20.7 Å². The summed E-state index contributed by atoms with van der Waals surface area (Å²) < 4.78 is 7.29. The van der Waals surface area contributed by atoms with Crippen molar-refractivity contribution in [2.24, 2.45) is 11.8 Å². The zero-order chi connectivity index (χ0) is 19.9. The second-order valence-electron chi connectivity index (χ2n) is 8.03. The molecule has 1 saturated heterocycles. The lowest BCUT2D eigenvalue weighted by atomic mass is 10.1. The summed E-state index contributed by atoms with van der Waals surface area (Å²) in [5.74, 6) is 4.16. The monoisotopic (exact) mass is 378 g/mol. The average molecular weight is 378 g/mol. The number of nitrogens with two attached hydrogens (primary N) is 1. The zero-order valence-corrected chi connectivity index (χ0v) is 16.1. The van der Waals surface area contributed by atoms with E-state index in [1.807, 2.05) is 27.7 Å². The van der Waals surface area contributed by atoms with Crippen molar-refractivity contribution in [3.63, 3.8) is 0 Å². The summed E-state index contributed by atoms with van der Waals surface area (Å²) in [6, 6.07) is -0.0925. The summed E-state index contributed by atoms with van der Waals surface area (Å²) >= 11 is 0. The van der Waals surface area contributed by atoms with E-state index in [1.165, 1.54) is 0 Å². The van der Waals surface area contributed by atoms with Crippen LogP contribution in [0.1, 0.15) is 39.8 Å². The van der Waals surface area contributed by atoms with Gasteiger partial charge in [-0.05, 0) is 27.7 Å². The average Bonchev–Trinajstić information content (AvgIpc) is 3.14. The predicted molar refractivity (Wildman–Crippen MR) is 96.3 cm³/mol. The van der Waals surface area contributed by atoms with Crippen molar-refractivity contribution in [1.82, 2.24) is 20.1 Å². The summed E-state index contributed by atoms with van der Waals surface area (Å²) in [4.78, 5) is 39.9. The highest BCUT2D eigenvalue weighted by Crippen LogP contribution is 2.32. The molecule has 0 unspecified atom stereocenters. The maximum Gasteiger partial charge on any atom is 0.410 e. The molecule has 0 radical (unpaired) electrons. The Labute approximate surface area is 157 Å². The fourth-order valence-electron chi connectivity index (χ4n) is 3.41. The van der Waals surface area contributed by atoms with Gasteiger partial charge in [0.1, 0.15) is 5.60 Å². The van der Waals surface area contributed by atoms with Crippen molar-refractivity contribution in [2.75, 3.05) is 11.4 Å². The van der Waals surface area contributed by atoms with Gasteiger partial charge in [-0.3, -0.25) is 24.6 Å². The number of ether oxygens (including phenoxy) is 1. The number of nitrogens with zero attached hydrogens (tertiary/aromatic N) is 4. The molecule has 3 N–H and O–H groups in total. The Bertz CT molecular complexity index is 768. The summed E-state index contributed by atoms with van der Waals surface area (Å²) in [6.45, 7) is 8.41. The number of rotatable bonds is 2. The number of carbonyl (C=O) groups excluding carboxylic acids is 3. The summed E-state index contributed by atoms with van der Waals surface area (Å²) in [5, 5.41) is 4.36. The van der Waals surface area contributed by atoms with Gasteiger partial charge in [0.25, 0.3) is 0 Å². The van der Waals surface area contributed by atoms with Crippen LogP contribution in [0.4, 0.5) is 10.5 Å². The molecule has 2 atom stereocenters. The molecule has 3 heterocycles. The number of hydrogen-bond donors (Lipinski definition) is 2. The van der Waals surface area contributed by atoms with Gasteiger partial charge < -0.3 is 9.64 Å². The molecule has 3 rings (SSSR count). The van der Waals surface area contributed by atoms with Crippen LogP contribution < -0.4 is 16.2 Å². The molecule has 0 spiro atoms. The minimum absolute atomic E-state index is 0.0925. The van der Waals surface area contributed by atoms with Crippen LogP contribution in [0.5, 0.6) is 0 Å². The predicted octanol–water partition coefficient (Wildman–Crippen LogP) is 0.365. The SMILES string of the molecule is C[C@H]1Cn2ncc(N3C[C@@H](C(=O)NN)CC3=O)c2CN1C(=O)OC(C)(C)C. The number of aromatic nitrogens is 2. The molecular weight excluding hydrogens is 352 g/mol. The summed E-state index contributed by atoms with van der Waals surface area (Å²) in [5.41, 5.74) is 2.87. The second-order valence-corrected chi connectivity index (χ2v) is 8.03. The lowest BCUT2D eigenvalue weighted by Crippen LogP contribution is -2.47. The number of hydrogen-bond acceptors (Lipinski definition) is 6. The lowest BCUT2D eigenvalue weighted by Gasteiger charge is -2.36. The molecule has 148 valence electrons. The van der Waals surface area contributed by atoms with Gasteiger partial charge in [-0.15, -0.1) is 0 Å². The van der Waals surface area contributed by atoms with E-state index in [2.05, 4.69) is 10.5 Å². The molecule has 0 bridgehead atoms. The summed E-state index contributed by atoms with van der Waals surface area (Å²) in [6.07, 6.45) is 1.31. The Kier molecular flexibility index (Phi) is 4.85. The minimum atomic E-state index is -0.592. The molecule has 0 aliphatic carbocycles. The van der Waals surface area contributed by atoms with Crippen molar-refractivity contribution in [3.8, 4) is 0 Å². The van der Waals surface area contributed by atoms with Crippen LogP contribution in [-0.4, -0.2) is 50.8 Å². The number of fused-ring (bicyclic) bond motifs is 1. The standard InChI is InChI=1S/C17H26N6O4/c1-10-7-23-13(9-21(10)16(26)27-17(2,3)4)12(6-19-23)22-8-11(5-14(22)24)15(25)20-18/h6,10-11H,5,7-9,18H2,1-4H3,(H,20,25)/t10-,11-/m0/s1. The van der Waals surface area contributed by atoms with Crippen LogP contribution >= 0.6 is 0 Å². The normalized spacial score (nSPS) is 22.6. The van der Waals surface area contributed by atoms with Gasteiger partial charge in [0.05, 0.1) is 42.6 Å². The third-order valence-corrected chi connectivity index (χ3v) is 4.77. The fraction of sp³-hybridized carbons (Fsp3) is 0.647. The Hall–Kier alpha value is -2.62. The van der Waals surface area contributed by atoms with Crippen LogP contribution in [0.2, 0.25) is 0 Å². The highest BCUT2D eigenvalue weighted by atomic mass is 16.6. The van der Waals surface area contributed by atoms with Gasteiger partial charge in [-0.1, -0.05) is 0 Å². The first kappa shape index (κ1) is 19.2. The van der Waals surface area contributed by atoms with Crippen molar-refractivity contribution < 1.29 is 19.1 Å². The van der Waals surface area contributed by atoms with E-state index in [4.69, 9.17) is 10.6 Å². The highest BCUT2D eigenvalue weighted by molar-refractivity contribution is 6.00. The van der Waals surface area contributed by atoms with Crippen LogP contribution in [-0.2, 0) is 27.4 Å². The van der Waals surface area contributed by atoms with E-state index < -0.39 is 17.6 Å². The molecule has 2 aliphatic heterocycles. The van der Waals surface area contributed by atoms with Crippen LogP contribution in [0, 0.1) is 5.92 Å². The third kappa shape index (κ3) is 3.75. The molecule has 1 aromatic heterocycles. The topological polar surface area (TPSA) is 123 Å². The first-order valence-corrected chi connectivity index (χ1v) is 8.96. The Morgan fingerprint density at radius 1 is 1.33 bits per heavy atom. The minimum Gasteiger partial charge on any atom is -0.444 e. The number of nitrogens with one attached hydrogen (secondary N) is 1. The number of anilines is 1. The van der Waals surface area contributed by atoms with Crippen molar-refractivity contribution in [3.05, 3.63) is 11.9 Å². The molecule has 0 aromatic carbocycles. The van der Waals surface area contributed by atoms with Gasteiger partial charge in [-0.2, -0.15) is 5.10 Å². The lowest BCUT2D eigenvalue weighted by molar-refractivity contribution is -0.126. The quantitative estimate of drug-likeness (QED) is 0.435. The van der Waals surface area contributed by atoms with E-state index in [-0.39, 0.29) is 37.4 Å². The number of amides is 3. The largest absolute Gasteiger partial charge is 0.444 e. The molecular formula is C17H26N6O4. The second kappa shape index (κ2) is 6.84. The van der Waals surface area contributed by atoms with E-state index in [0.29, 0.717) is 12.2 Å². The Morgan fingerprint density at radius 3 is 2.67 bits per heavy atom. The molecule has 1 aromatic rings. The first-order valence-electron chi connectivity index (χ1n) is 8.96. The van der Waals surface area contributed by atoms with Gasteiger partial charge in [-0.25, -0.2) is 10.6 Å². The molecule has 27 heavy (non-hydrogen) atoms. The molecule has 10 heteroatoms. The Morgan fingerprint density at radius 2 is 2.04 bits per heavy atom. The number of carbonyl (C=O) groups is 3. The van der Waals surface area contributed by atoms with Gasteiger partial charge in [0, 0.05) is 13.0 Å². The molecule has 10 nitrogen and oxygen atoms in total. The van der Waals surface area contributed by atoms with Crippen molar-refractivity contribution in [1.29, 1.82) is 0 Å². The highest BCUT2D eigenvalue weighted by Gasteiger charge is 2.39. The first-order chi connectivity index (χ1) is 12.6. The van der Waals surface area contributed by atoms with Crippen LogP contribution in [0.15, 0.2) is 6.20 Å². The third-order valence-electron chi connectivity index (χ3n) is 4.77. The zero-order valence-electron chi connectivity index (χ0n) is 16.1.